The third kappa shape index (κ3) is 5.78. The molecular formula is C24H32N6O2S. The molecule has 2 atom stereocenters. The Balaban J connectivity index is 1.38. The minimum absolute atomic E-state index is 0.169. The molecule has 176 valence electrons. The van der Waals surface area contributed by atoms with Crippen LogP contribution in [-0.2, 0) is 11.3 Å². The minimum atomic E-state index is -0.169. The molecule has 1 saturated heterocycles. The quantitative estimate of drug-likeness (QED) is 0.497. The fraction of sp³-hybridized carbons (Fsp3) is 0.542. The van der Waals surface area contributed by atoms with Gasteiger partial charge in [-0.1, -0.05) is 11.3 Å². The second-order valence-electron chi connectivity index (χ2n) is 9.32. The van der Waals surface area contributed by atoms with E-state index in [0.29, 0.717) is 6.04 Å². The van der Waals surface area contributed by atoms with Crippen LogP contribution in [0, 0.1) is 0 Å². The molecule has 2 unspecified atom stereocenters. The third-order valence-electron chi connectivity index (χ3n) is 6.24. The molecule has 3 aromatic rings. The lowest BCUT2D eigenvalue weighted by Crippen LogP contribution is -2.44. The number of aliphatic hydroxyl groups excluding tert-OH is 1. The highest BCUT2D eigenvalue weighted by Crippen LogP contribution is 2.28. The molecule has 0 bridgehead atoms. The highest BCUT2D eigenvalue weighted by Gasteiger charge is 2.23. The molecule has 0 radical (unpaired) electrons. The van der Waals surface area contributed by atoms with Crippen molar-refractivity contribution in [3.05, 3.63) is 36.0 Å². The van der Waals surface area contributed by atoms with Gasteiger partial charge in [-0.25, -0.2) is 15.0 Å². The van der Waals surface area contributed by atoms with E-state index in [2.05, 4.69) is 51.5 Å². The van der Waals surface area contributed by atoms with E-state index in [1.54, 1.807) is 6.20 Å². The van der Waals surface area contributed by atoms with Gasteiger partial charge in [0.25, 0.3) is 0 Å². The molecule has 0 spiro atoms. The number of rotatable bonds is 6. The summed E-state index contributed by atoms with van der Waals surface area (Å²) in [7, 11) is 0. The minimum Gasteiger partial charge on any atom is -0.393 e. The third-order valence-corrected chi connectivity index (χ3v) is 7.13. The number of fused-ring (bicyclic) bond motifs is 1. The van der Waals surface area contributed by atoms with Crippen LogP contribution < -0.4 is 10.6 Å². The fourth-order valence-corrected chi connectivity index (χ4v) is 5.66. The van der Waals surface area contributed by atoms with E-state index in [4.69, 9.17) is 9.72 Å². The first-order chi connectivity index (χ1) is 16.0. The molecule has 1 saturated carbocycles. The average molecular weight is 469 g/mol. The number of hydrogen-bond donors (Lipinski definition) is 3. The number of anilines is 3. The van der Waals surface area contributed by atoms with E-state index < -0.39 is 0 Å². The highest BCUT2D eigenvalue weighted by molar-refractivity contribution is 7.21. The molecule has 2 fully saturated rings. The maximum absolute atomic E-state index is 9.85. The SMILES string of the molecule is CC1CN(Cc2cc(Nc3nc4cccnc4s3)nc(NC3CCC(O)CC3)c2)CC(C)O1. The summed E-state index contributed by atoms with van der Waals surface area (Å²) >= 11 is 1.53. The van der Waals surface area contributed by atoms with Crippen LogP contribution in [0.3, 0.4) is 0 Å². The van der Waals surface area contributed by atoms with Gasteiger partial charge in [-0.15, -0.1) is 0 Å². The predicted octanol–water partition coefficient (Wildman–Crippen LogP) is 4.15. The molecule has 4 heterocycles. The van der Waals surface area contributed by atoms with E-state index >= 15 is 0 Å². The van der Waals surface area contributed by atoms with E-state index in [9.17, 15) is 5.11 Å². The second kappa shape index (κ2) is 9.89. The lowest BCUT2D eigenvalue weighted by atomic mass is 9.93. The molecule has 3 aromatic heterocycles. The Morgan fingerprint density at radius 3 is 2.61 bits per heavy atom. The summed E-state index contributed by atoms with van der Waals surface area (Å²) in [6.45, 7) is 6.95. The van der Waals surface area contributed by atoms with Crippen LogP contribution in [-0.4, -0.2) is 62.4 Å². The van der Waals surface area contributed by atoms with Gasteiger partial charge in [-0.3, -0.25) is 4.90 Å². The normalized spacial score (nSPS) is 26.4. The van der Waals surface area contributed by atoms with Gasteiger partial charge in [0.2, 0.25) is 0 Å². The zero-order valence-corrected chi connectivity index (χ0v) is 20.0. The second-order valence-corrected chi connectivity index (χ2v) is 10.3. The summed E-state index contributed by atoms with van der Waals surface area (Å²) in [5.41, 5.74) is 2.09. The summed E-state index contributed by atoms with van der Waals surface area (Å²) < 4.78 is 5.91. The number of nitrogens with one attached hydrogen (secondary N) is 2. The van der Waals surface area contributed by atoms with E-state index in [1.165, 1.54) is 16.9 Å². The molecule has 2 aliphatic rings. The van der Waals surface area contributed by atoms with E-state index in [1.807, 2.05) is 12.1 Å². The predicted molar refractivity (Wildman–Crippen MR) is 132 cm³/mol. The average Bonchev–Trinajstić information content (AvgIpc) is 3.17. The standard InChI is InChI=1S/C24H32N6O2S/c1-15-12-30(13-16(2)32-15)14-17-10-21(26-18-5-7-19(31)8-6-18)28-22(11-17)29-24-27-20-4-3-9-25-23(20)33-24/h3-4,9-11,15-16,18-19,31H,5-8,12-14H2,1-2H3,(H2,26,27,28,29). The van der Waals surface area contributed by atoms with Gasteiger partial charge in [0.1, 0.15) is 22.0 Å². The van der Waals surface area contributed by atoms with Crippen molar-refractivity contribution in [1.29, 1.82) is 0 Å². The van der Waals surface area contributed by atoms with Crippen LogP contribution in [0.4, 0.5) is 16.8 Å². The topological polar surface area (TPSA) is 95.4 Å². The molecule has 9 heteroatoms. The Hall–Kier alpha value is -2.33. The molecule has 3 N–H and O–H groups in total. The van der Waals surface area contributed by atoms with Gasteiger partial charge < -0.3 is 20.5 Å². The zero-order chi connectivity index (χ0) is 22.8. The Morgan fingerprint density at radius 1 is 1.09 bits per heavy atom. The van der Waals surface area contributed by atoms with Crippen molar-refractivity contribution in [2.75, 3.05) is 23.7 Å². The number of morpholine rings is 1. The maximum Gasteiger partial charge on any atom is 0.190 e. The van der Waals surface area contributed by atoms with Gasteiger partial charge in [0.15, 0.2) is 5.13 Å². The molecule has 5 rings (SSSR count). The van der Waals surface area contributed by atoms with Crippen LogP contribution in [0.1, 0.15) is 45.1 Å². The van der Waals surface area contributed by atoms with Crippen molar-refractivity contribution in [1.82, 2.24) is 19.9 Å². The zero-order valence-electron chi connectivity index (χ0n) is 19.2. The molecule has 0 aromatic carbocycles. The maximum atomic E-state index is 9.85. The van der Waals surface area contributed by atoms with Crippen molar-refractivity contribution < 1.29 is 9.84 Å². The fourth-order valence-electron chi connectivity index (χ4n) is 4.85. The van der Waals surface area contributed by atoms with Crippen molar-refractivity contribution in [3.63, 3.8) is 0 Å². The van der Waals surface area contributed by atoms with Gasteiger partial charge in [-0.05, 0) is 69.4 Å². The Kier molecular flexibility index (Phi) is 6.73. The van der Waals surface area contributed by atoms with Crippen molar-refractivity contribution in [3.8, 4) is 0 Å². The van der Waals surface area contributed by atoms with Gasteiger partial charge in [0, 0.05) is 31.9 Å². The highest BCUT2D eigenvalue weighted by atomic mass is 32.1. The van der Waals surface area contributed by atoms with Gasteiger partial charge >= 0.3 is 0 Å². The van der Waals surface area contributed by atoms with Crippen molar-refractivity contribution in [2.24, 2.45) is 0 Å². The number of hydrogen-bond acceptors (Lipinski definition) is 9. The van der Waals surface area contributed by atoms with Crippen LogP contribution in [0.5, 0.6) is 0 Å². The monoisotopic (exact) mass is 468 g/mol. The van der Waals surface area contributed by atoms with E-state index in [-0.39, 0.29) is 18.3 Å². The van der Waals surface area contributed by atoms with Gasteiger partial charge in [0.05, 0.1) is 18.3 Å². The van der Waals surface area contributed by atoms with Crippen LogP contribution in [0.15, 0.2) is 30.5 Å². The Morgan fingerprint density at radius 2 is 1.85 bits per heavy atom. The molecule has 1 aliphatic carbocycles. The first kappa shape index (κ1) is 22.5. The molecule has 1 aliphatic heterocycles. The van der Waals surface area contributed by atoms with Crippen molar-refractivity contribution in [2.45, 2.75) is 70.4 Å². The lowest BCUT2D eigenvalue weighted by Gasteiger charge is -2.35. The number of aromatic nitrogens is 3. The summed E-state index contributed by atoms with van der Waals surface area (Å²) in [6, 6.07) is 8.47. The number of thiazole rings is 1. The number of ether oxygens (including phenoxy) is 1. The van der Waals surface area contributed by atoms with Crippen LogP contribution in [0.2, 0.25) is 0 Å². The summed E-state index contributed by atoms with van der Waals surface area (Å²) in [5.74, 6) is 1.64. The Labute approximate surface area is 198 Å². The molecule has 0 amide bonds. The molecule has 8 nitrogen and oxygen atoms in total. The van der Waals surface area contributed by atoms with Gasteiger partial charge in [-0.2, -0.15) is 0 Å². The van der Waals surface area contributed by atoms with Crippen LogP contribution in [0.25, 0.3) is 10.3 Å². The number of pyridine rings is 2. The Bertz CT molecular complexity index is 1040. The first-order valence-corrected chi connectivity index (χ1v) is 12.6. The van der Waals surface area contributed by atoms with Crippen LogP contribution >= 0.6 is 11.3 Å². The van der Waals surface area contributed by atoms with Crippen molar-refractivity contribution >= 4 is 38.5 Å². The summed E-state index contributed by atoms with van der Waals surface area (Å²) in [5, 5.41) is 17.7. The molecular weight excluding hydrogens is 436 g/mol. The number of nitrogens with zero attached hydrogens (tertiary/aromatic N) is 4. The largest absolute Gasteiger partial charge is 0.393 e. The number of aliphatic hydroxyl groups is 1. The lowest BCUT2D eigenvalue weighted by molar-refractivity contribution is -0.0704. The molecule has 33 heavy (non-hydrogen) atoms. The summed E-state index contributed by atoms with van der Waals surface area (Å²) in [6.07, 6.45) is 5.67. The smallest absolute Gasteiger partial charge is 0.190 e. The summed E-state index contributed by atoms with van der Waals surface area (Å²) in [4.78, 5) is 17.3. The first-order valence-electron chi connectivity index (χ1n) is 11.8. The van der Waals surface area contributed by atoms with E-state index in [0.717, 1.165) is 72.4 Å².